The van der Waals surface area contributed by atoms with Crippen LogP contribution in [0, 0.1) is 12.8 Å². The average Bonchev–Trinajstić information content (AvgIpc) is 2.90. The highest BCUT2D eigenvalue weighted by molar-refractivity contribution is 5.80. The molecule has 178 valence electrons. The Labute approximate surface area is 204 Å². The van der Waals surface area contributed by atoms with E-state index in [1.807, 2.05) is 47.4 Å². The molecule has 0 spiro atoms. The number of rotatable bonds is 6. The zero-order valence-electron chi connectivity index (χ0n) is 19.9. The van der Waals surface area contributed by atoms with E-state index in [4.69, 9.17) is 4.98 Å². The SMILES string of the molecule is Cc1ccc(Cn2c(=O)c(N3CCC[C@@H](C(=O)NCc4ccccn4)C3)nc3ccccc32)cc1. The van der Waals surface area contributed by atoms with Gasteiger partial charge in [0.2, 0.25) is 5.91 Å². The van der Waals surface area contributed by atoms with Crippen LogP contribution >= 0.6 is 0 Å². The fraction of sp³-hybridized carbons (Fsp3) is 0.286. The molecule has 1 fully saturated rings. The third kappa shape index (κ3) is 5.09. The second-order valence-corrected chi connectivity index (χ2v) is 9.13. The summed E-state index contributed by atoms with van der Waals surface area (Å²) in [5.41, 5.74) is 4.52. The molecular weight excluding hydrogens is 438 g/mol. The molecule has 2 aromatic heterocycles. The highest BCUT2D eigenvalue weighted by atomic mass is 16.2. The van der Waals surface area contributed by atoms with Crippen molar-refractivity contribution >= 4 is 22.8 Å². The number of nitrogens with one attached hydrogen (secondary N) is 1. The minimum absolute atomic E-state index is 0.0128. The molecular formula is C28H29N5O2. The normalized spacial score (nSPS) is 15.8. The van der Waals surface area contributed by atoms with E-state index in [1.165, 1.54) is 5.56 Å². The molecule has 2 aromatic carbocycles. The van der Waals surface area contributed by atoms with Gasteiger partial charge in [0.25, 0.3) is 5.56 Å². The van der Waals surface area contributed by atoms with Crippen molar-refractivity contribution < 1.29 is 4.79 Å². The first-order valence-corrected chi connectivity index (χ1v) is 12.1. The van der Waals surface area contributed by atoms with Crippen molar-refractivity contribution in [3.63, 3.8) is 0 Å². The second kappa shape index (κ2) is 10.1. The maximum absolute atomic E-state index is 13.7. The summed E-state index contributed by atoms with van der Waals surface area (Å²) in [6, 6.07) is 21.6. The van der Waals surface area contributed by atoms with Crippen LogP contribution in [0.1, 0.15) is 29.7 Å². The first kappa shape index (κ1) is 22.8. The summed E-state index contributed by atoms with van der Waals surface area (Å²) < 4.78 is 1.80. The van der Waals surface area contributed by atoms with E-state index >= 15 is 0 Å². The lowest BCUT2D eigenvalue weighted by Crippen LogP contribution is -2.45. The Kier molecular flexibility index (Phi) is 6.57. The number of pyridine rings is 1. The molecule has 1 amide bonds. The van der Waals surface area contributed by atoms with Gasteiger partial charge in [0.15, 0.2) is 5.82 Å². The van der Waals surface area contributed by atoms with Crippen LogP contribution < -0.4 is 15.8 Å². The van der Waals surface area contributed by atoms with Crippen molar-refractivity contribution in [2.75, 3.05) is 18.0 Å². The predicted molar refractivity (Wildman–Crippen MR) is 137 cm³/mol. The number of benzene rings is 2. The highest BCUT2D eigenvalue weighted by Crippen LogP contribution is 2.22. The average molecular weight is 468 g/mol. The van der Waals surface area contributed by atoms with Gasteiger partial charge in [-0.05, 0) is 49.6 Å². The molecule has 7 heteroatoms. The van der Waals surface area contributed by atoms with Crippen LogP contribution in [0.4, 0.5) is 5.82 Å². The van der Waals surface area contributed by atoms with Gasteiger partial charge >= 0.3 is 0 Å². The van der Waals surface area contributed by atoms with Gasteiger partial charge in [0.1, 0.15) is 0 Å². The number of hydrogen-bond acceptors (Lipinski definition) is 5. The van der Waals surface area contributed by atoms with E-state index in [0.717, 1.165) is 35.1 Å². The fourth-order valence-corrected chi connectivity index (χ4v) is 4.63. The Balaban J connectivity index is 1.40. The van der Waals surface area contributed by atoms with Gasteiger partial charge in [0.05, 0.1) is 35.7 Å². The number of aryl methyl sites for hydroxylation is 1. The summed E-state index contributed by atoms with van der Waals surface area (Å²) in [4.78, 5) is 37.6. The maximum Gasteiger partial charge on any atom is 0.294 e. The van der Waals surface area contributed by atoms with Crippen molar-refractivity contribution in [3.8, 4) is 0 Å². The van der Waals surface area contributed by atoms with Gasteiger partial charge in [0, 0.05) is 19.3 Å². The number of fused-ring (bicyclic) bond motifs is 1. The number of piperidine rings is 1. The Morgan fingerprint density at radius 2 is 1.86 bits per heavy atom. The topological polar surface area (TPSA) is 80.1 Å². The minimum Gasteiger partial charge on any atom is -0.351 e. The first-order valence-electron chi connectivity index (χ1n) is 12.1. The lowest BCUT2D eigenvalue weighted by Gasteiger charge is -2.32. The van der Waals surface area contributed by atoms with Crippen LogP contribution in [0.3, 0.4) is 0 Å². The van der Waals surface area contributed by atoms with Crippen LogP contribution in [0.5, 0.6) is 0 Å². The Hall–Kier alpha value is -4.00. The maximum atomic E-state index is 13.7. The van der Waals surface area contributed by atoms with Gasteiger partial charge in [-0.15, -0.1) is 0 Å². The van der Waals surface area contributed by atoms with E-state index in [-0.39, 0.29) is 17.4 Å². The number of carbonyl (C=O) groups excluding carboxylic acids is 1. The summed E-state index contributed by atoms with van der Waals surface area (Å²) in [5.74, 6) is 0.199. The highest BCUT2D eigenvalue weighted by Gasteiger charge is 2.28. The van der Waals surface area contributed by atoms with Crippen LogP contribution in [0.2, 0.25) is 0 Å². The number of carbonyl (C=O) groups is 1. The third-order valence-corrected chi connectivity index (χ3v) is 6.56. The molecule has 1 aliphatic heterocycles. The monoisotopic (exact) mass is 467 g/mol. The molecule has 0 radical (unpaired) electrons. The number of hydrogen-bond donors (Lipinski definition) is 1. The fourth-order valence-electron chi connectivity index (χ4n) is 4.63. The van der Waals surface area contributed by atoms with Crippen LogP contribution in [0.25, 0.3) is 11.0 Å². The lowest BCUT2D eigenvalue weighted by molar-refractivity contribution is -0.125. The van der Waals surface area contributed by atoms with Crippen molar-refractivity contribution in [2.24, 2.45) is 5.92 Å². The summed E-state index contributed by atoms with van der Waals surface area (Å²) in [6.07, 6.45) is 3.33. The molecule has 1 atom stereocenters. The van der Waals surface area contributed by atoms with Crippen molar-refractivity contribution in [1.29, 1.82) is 0 Å². The molecule has 35 heavy (non-hydrogen) atoms. The van der Waals surface area contributed by atoms with Crippen LogP contribution in [0.15, 0.2) is 77.7 Å². The molecule has 1 aliphatic rings. The Bertz CT molecular complexity index is 1380. The van der Waals surface area contributed by atoms with Crippen molar-refractivity contribution in [2.45, 2.75) is 32.9 Å². The summed E-state index contributed by atoms with van der Waals surface area (Å²) in [6.45, 7) is 4.09. The van der Waals surface area contributed by atoms with Gasteiger partial charge in [-0.2, -0.15) is 0 Å². The molecule has 1 N–H and O–H groups in total. The van der Waals surface area contributed by atoms with Gasteiger partial charge < -0.3 is 10.2 Å². The second-order valence-electron chi connectivity index (χ2n) is 9.13. The van der Waals surface area contributed by atoms with E-state index in [2.05, 4.69) is 41.5 Å². The smallest absolute Gasteiger partial charge is 0.294 e. The largest absolute Gasteiger partial charge is 0.351 e. The van der Waals surface area contributed by atoms with Crippen LogP contribution in [-0.2, 0) is 17.9 Å². The number of para-hydroxylation sites is 2. The minimum atomic E-state index is -0.203. The molecule has 3 heterocycles. The molecule has 1 saturated heterocycles. The molecule has 0 aliphatic carbocycles. The van der Waals surface area contributed by atoms with E-state index in [1.54, 1.807) is 10.8 Å². The van der Waals surface area contributed by atoms with Gasteiger partial charge in [-0.3, -0.25) is 19.1 Å². The first-order chi connectivity index (χ1) is 17.1. The number of nitrogens with zero attached hydrogens (tertiary/aromatic N) is 4. The van der Waals surface area contributed by atoms with Crippen molar-refractivity contribution in [3.05, 3.63) is 100 Å². The zero-order chi connectivity index (χ0) is 24.2. The molecule has 0 saturated carbocycles. The molecule has 5 rings (SSSR count). The molecule has 4 aromatic rings. The molecule has 0 bridgehead atoms. The quantitative estimate of drug-likeness (QED) is 0.468. The third-order valence-electron chi connectivity index (χ3n) is 6.56. The van der Waals surface area contributed by atoms with Crippen molar-refractivity contribution in [1.82, 2.24) is 19.9 Å². The number of aromatic nitrogens is 3. The summed E-state index contributed by atoms with van der Waals surface area (Å²) in [7, 11) is 0. The Morgan fingerprint density at radius 3 is 2.66 bits per heavy atom. The van der Waals surface area contributed by atoms with E-state index < -0.39 is 0 Å². The van der Waals surface area contributed by atoms with E-state index in [0.29, 0.717) is 32.0 Å². The predicted octanol–water partition coefficient (Wildman–Crippen LogP) is 3.68. The van der Waals surface area contributed by atoms with Gasteiger partial charge in [-0.25, -0.2) is 4.98 Å². The summed E-state index contributed by atoms with van der Waals surface area (Å²) in [5, 5.41) is 3.00. The number of amides is 1. The van der Waals surface area contributed by atoms with Crippen LogP contribution in [-0.4, -0.2) is 33.5 Å². The summed E-state index contributed by atoms with van der Waals surface area (Å²) >= 11 is 0. The number of anilines is 1. The molecule has 7 nitrogen and oxygen atoms in total. The molecule has 0 unspecified atom stereocenters. The standard InChI is InChI=1S/C28H29N5O2/c1-20-11-13-21(14-12-20)18-33-25-10-3-2-9-24(25)31-26(28(33)35)32-16-6-7-22(19-32)27(34)30-17-23-8-4-5-15-29-23/h2-5,8-15,22H,6-7,16-19H2,1H3,(H,30,34)/t22-/m1/s1. The lowest BCUT2D eigenvalue weighted by atomic mass is 9.97. The van der Waals surface area contributed by atoms with Gasteiger partial charge in [-0.1, -0.05) is 48.0 Å². The zero-order valence-corrected chi connectivity index (χ0v) is 19.9. The van der Waals surface area contributed by atoms with E-state index in [9.17, 15) is 9.59 Å². The Morgan fingerprint density at radius 1 is 1.06 bits per heavy atom.